The van der Waals surface area contributed by atoms with Crippen molar-refractivity contribution in [2.45, 2.75) is 53.0 Å². The molecular weight excluding hydrogens is 228 g/mol. The zero-order valence-electron chi connectivity index (χ0n) is 12.2. The Morgan fingerprint density at radius 3 is 2.61 bits per heavy atom. The average Bonchev–Trinajstić information content (AvgIpc) is 2.59. The minimum Gasteiger partial charge on any atom is -0.351 e. The highest BCUT2D eigenvalue weighted by molar-refractivity contribution is 5.89. The van der Waals surface area contributed by atoms with E-state index in [1.807, 2.05) is 25.7 Å². The van der Waals surface area contributed by atoms with Gasteiger partial charge in [-0.3, -0.25) is 9.59 Å². The summed E-state index contributed by atoms with van der Waals surface area (Å²) in [5.74, 6) is 0.393. The monoisotopic (exact) mass is 254 g/mol. The fraction of sp³-hybridized carbons (Fsp3) is 0.857. The van der Waals surface area contributed by atoms with Crippen LogP contribution in [0.3, 0.4) is 0 Å². The van der Waals surface area contributed by atoms with Gasteiger partial charge in [-0.05, 0) is 26.2 Å². The van der Waals surface area contributed by atoms with Crippen molar-refractivity contribution in [1.29, 1.82) is 0 Å². The second-order valence-corrected chi connectivity index (χ2v) is 6.32. The number of nitrogens with one attached hydrogen (secondary N) is 1. The van der Waals surface area contributed by atoms with Crippen molar-refractivity contribution >= 4 is 11.8 Å². The molecule has 0 radical (unpaired) electrons. The lowest BCUT2D eigenvalue weighted by Crippen LogP contribution is -2.46. The SMILES string of the molecule is CCC(C)(C)NC(=O)[C@@H]1CC(=O)N(CC(C)C)C1. The summed E-state index contributed by atoms with van der Waals surface area (Å²) in [4.78, 5) is 25.7. The van der Waals surface area contributed by atoms with Gasteiger partial charge in [0.15, 0.2) is 0 Å². The van der Waals surface area contributed by atoms with E-state index in [9.17, 15) is 9.59 Å². The third kappa shape index (κ3) is 4.00. The predicted molar refractivity (Wildman–Crippen MR) is 72.0 cm³/mol. The number of amides is 2. The molecule has 18 heavy (non-hydrogen) atoms. The van der Waals surface area contributed by atoms with E-state index in [4.69, 9.17) is 0 Å². The van der Waals surface area contributed by atoms with Gasteiger partial charge >= 0.3 is 0 Å². The highest BCUT2D eigenvalue weighted by Crippen LogP contribution is 2.20. The molecule has 1 atom stereocenters. The standard InChI is InChI=1S/C14H26N2O2/c1-6-14(4,5)15-13(18)11-7-12(17)16(9-11)8-10(2)3/h10-11H,6-9H2,1-5H3,(H,15,18)/t11-/m1/s1. The summed E-state index contributed by atoms with van der Waals surface area (Å²) in [5, 5.41) is 3.02. The molecule has 0 aromatic rings. The number of nitrogens with zero attached hydrogens (tertiary/aromatic N) is 1. The van der Waals surface area contributed by atoms with Crippen LogP contribution in [0.1, 0.15) is 47.5 Å². The van der Waals surface area contributed by atoms with Gasteiger partial charge in [-0.2, -0.15) is 0 Å². The van der Waals surface area contributed by atoms with Crippen molar-refractivity contribution in [3.8, 4) is 0 Å². The molecule has 0 unspecified atom stereocenters. The third-order valence-electron chi connectivity index (χ3n) is 3.52. The molecule has 1 N–H and O–H groups in total. The maximum atomic E-state index is 12.1. The lowest BCUT2D eigenvalue weighted by Gasteiger charge is -2.26. The van der Waals surface area contributed by atoms with E-state index in [0.717, 1.165) is 13.0 Å². The predicted octanol–water partition coefficient (Wildman–Crippen LogP) is 1.80. The zero-order valence-corrected chi connectivity index (χ0v) is 12.2. The van der Waals surface area contributed by atoms with Gasteiger partial charge in [0.2, 0.25) is 11.8 Å². The van der Waals surface area contributed by atoms with Crippen molar-refractivity contribution in [3.05, 3.63) is 0 Å². The second kappa shape index (κ2) is 5.72. The smallest absolute Gasteiger partial charge is 0.225 e. The van der Waals surface area contributed by atoms with Crippen LogP contribution >= 0.6 is 0 Å². The maximum absolute atomic E-state index is 12.1. The van der Waals surface area contributed by atoms with E-state index in [1.165, 1.54) is 0 Å². The first-order chi connectivity index (χ1) is 8.25. The molecule has 1 rings (SSSR count). The number of hydrogen-bond donors (Lipinski definition) is 1. The molecule has 1 saturated heterocycles. The van der Waals surface area contributed by atoms with Gasteiger partial charge < -0.3 is 10.2 Å². The number of rotatable bonds is 5. The molecule has 0 spiro atoms. The molecule has 0 bridgehead atoms. The summed E-state index contributed by atoms with van der Waals surface area (Å²) < 4.78 is 0. The summed E-state index contributed by atoms with van der Waals surface area (Å²) in [6, 6.07) is 0. The first kappa shape index (κ1) is 15.0. The first-order valence-corrected chi connectivity index (χ1v) is 6.85. The van der Waals surface area contributed by atoms with Crippen LogP contribution in [0.15, 0.2) is 0 Å². The largest absolute Gasteiger partial charge is 0.351 e. The molecule has 1 heterocycles. The molecule has 4 nitrogen and oxygen atoms in total. The van der Waals surface area contributed by atoms with Crippen molar-refractivity contribution < 1.29 is 9.59 Å². The van der Waals surface area contributed by atoms with E-state index in [-0.39, 0.29) is 23.3 Å². The van der Waals surface area contributed by atoms with E-state index in [2.05, 4.69) is 19.2 Å². The maximum Gasteiger partial charge on any atom is 0.225 e. The van der Waals surface area contributed by atoms with Crippen molar-refractivity contribution in [3.63, 3.8) is 0 Å². The van der Waals surface area contributed by atoms with Crippen LogP contribution in [0, 0.1) is 11.8 Å². The Hall–Kier alpha value is -1.06. The van der Waals surface area contributed by atoms with Crippen molar-refractivity contribution in [1.82, 2.24) is 10.2 Å². The molecule has 2 amide bonds. The number of carbonyl (C=O) groups is 2. The molecule has 0 aromatic heterocycles. The molecule has 1 aliphatic rings. The van der Waals surface area contributed by atoms with Crippen LogP contribution in [0.2, 0.25) is 0 Å². The molecule has 0 saturated carbocycles. The lowest BCUT2D eigenvalue weighted by molar-refractivity contribution is -0.129. The van der Waals surface area contributed by atoms with Crippen LogP contribution < -0.4 is 5.32 Å². The molecular formula is C14H26N2O2. The van der Waals surface area contributed by atoms with Crippen molar-refractivity contribution in [2.75, 3.05) is 13.1 Å². The van der Waals surface area contributed by atoms with Gasteiger partial charge in [-0.1, -0.05) is 20.8 Å². The second-order valence-electron chi connectivity index (χ2n) is 6.32. The quantitative estimate of drug-likeness (QED) is 0.813. The summed E-state index contributed by atoms with van der Waals surface area (Å²) >= 11 is 0. The van der Waals surface area contributed by atoms with Gasteiger partial charge in [-0.25, -0.2) is 0 Å². The molecule has 1 aliphatic heterocycles. The summed E-state index contributed by atoms with van der Waals surface area (Å²) in [7, 11) is 0. The highest BCUT2D eigenvalue weighted by Gasteiger charge is 2.35. The average molecular weight is 254 g/mol. The molecule has 0 aromatic carbocycles. The zero-order chi connectivity index (χ0) is 13.9. The van der Waals surface area contributed by atoms with E-state index >= 15 is 0 Å². The summed E-state index contributed by atoms with van der Waals surface area (Å²) in [6.07, 6.45) is 1.24. The van der Waals surface area contributed by atoms with E-state index in [1.54, 1.807) is 0 Å². The Morgan fingerprint density at radius 1 is 1.50 bits per heavy atom. The Kier molecular flexibility index (Phi) is 4.77. The van der Waals surface area contributed by atoms with Gasteiger partial charge in [0, 0.05) is 25.0 Å². The van der Waals surface area contributed by atoms with Gasteiger partial charge in [0.25, 0.3) is 0 Å². The van der Waals surface area contributed by atoms with Crippen LogP contribution in [0.5, 0.6) is 0 Å². The van der Waals surface area contributed by atoms with Crippen LogP contribution in [-0.4, -0.2) is 35.3 Å². The first-order valence-electron chi connectivity index (χ1n) is 6.85. The number of carbonyl (C=O) groups excluding carboxylic acids is 2. The Labute approximate surface area is 110 Å². The van der Waals surface area contributed by atoms with Gasteiger partial charge in [-0.15, -0.1) is 0 Å². The lowest BCUT2D eigenvalue weighted by atomic mass is 9.99. The van der Waals surface area contributed by atoms with Crippen LogP contribution in [-0.2, 0) is 9.59 Å². The minimum absolute atomic E-state index is 0.0152. The highest BCUT2D eigenvalue weighted by atomic mass is 16.2. The Balaban J connectivity index is 2.55. The normalized spacial score (nSPS) is 20.7. The molecule has 0 aliphatic carbocycles. The fourth-order valence-corrected chi connectivity index (χ4v) is 2.09. The van der Waals surface area contributed by atoms with Crippen LogP contribution in [0.4, 0.5) is 0 Å². The molecule has 104 valence electrons. The fourth-order valence-electron chi connectivity index (χ4n) is 2.09. The van der Waals surface area contributed by atoms with Crippen LogP contribution in [0.25, 0.3) is 0 Å². The van der Waals surface area contributed by atoms with Gasteiger partial charge in [0.05, 0.1) is 5.92 Å². The Morgan fingerprint density at radius 2 is 2.11 bits per heavy atom. The Bertz CT molecular complexity index is 324. The molecule has 4 heteroatoms. The van der Waals surface area contributed by atoms with E-state index < -0.39 is 0 Å². The van der Waals surface area contributed by atoms with E-state index in [0.29, 0.717) is 18.9 Å². The molecule has 1 fully saturated rings. The number of hydrogen-bond acceptors (Lipinski definition) is 2. The third-order valence-corrected chi connectivity index (χ3v) is 3.52. The summed E-state index contributed by atoms with van der Waals surface area (Å²) in [5.41, 5.74) is -0.189. The minimum atomic E-state index is -0.189. The van der Waals surface area contributed by atoms with Crippen molar-refractivity contribution in [2.24, 2.45) is 11.8 Å². The summed E-state index contributed by atoms with van der Waals surface area (Å²) in [6.45, 7) is 11.6. The van der Waals surface area contributed by atoms with Gasteiger partial charge in [0.1, 0.15) is 0 Å². The number of likely N-dealkylation sites (tertiary alicyclic amines) is 1. The topological polar surface area (TPSA) is 49.4 Å².